The van der Waals surface area contributed by atoms with E-state index in [1.165, 1.54) is 13.8 Å². The zero-order valence-electron chi connectivity index (χ0n) is 19.7. The van der Waals surface area contributed by atoms with Gasteiger partial charge in [-0.15, -0.1) is 0 Å². The van der Waals surface area contributed by atoms with Gasteiger partial charge >= 0.3 is 11.9 Å². The molecule has 0 unspecified atom stereocenters. The molecule has 0 amide bonds. The molecule has 2 aliphatic carbocycles. The second-order valence-corrected chi connectivity index (χ2v) is 10.7. The number of aliphatic hydroxyl groups excluding tert-OH is 2. The average molecular weight is 441 g/mol. The molecule has 3 aliphatic rings. The maximum atomic E-state index is 11.7. The number of carbonyl (C=O) groups is 2. The first kappa shape index (κ1) is 24.5. The molecule has 0 aromatic carbocycles. The van der Waals surface area contributed by atoms with Gasteiger partial charge in [0.15, 0.2) is 0 Å². The van der Waals surface area contributed by atoms with Crippen LogP contribution >= 0.6 is 0 Å². The molecule has 0 radical (unpaired) electrons. The third-order valence-electron chi connectivity index (χ3n) is 8.98. The van der Waals surface area contributed by atoms with Gasteiger partial charge in [0.2, 0.25) is 0 Å². The fraction of sp³-hybridized carbons (Fsp3) is 0.917. The lowest BCUT2D eigenvalue weighted by molar-refractivity contribution is -0.274. The minimum Gasteiger partial charge on any atom is -0.463 e. The van der Waals surface area contributed by atoms with E-state index >= 15 is 0 Å². The van der Waals surface area contributed by atoms with Gasteiger partial charge in [-0.1, -0.05) is 20.8 Å². The number of ether oxygens (including phenoxy) is 3. The zero-order valence-corrected chi connectivity index (χ0v) is 19.7. The van der Waals surface area contributed by atoms with Gasteiger partial charge in [0.1, 0.15) is 18.3 Å². The molecule has 31 heavy (non-hydrogen) atoms. The summed E-state index contributed by atoms with van der Waals surface area (Å²) in [5.74, 6) is -0.247. The summed E-state index contributed by atoms with van der Waals surface area (Å²) in [6.45, 7) is 9.42. The first-order valence-corrected chi connectivity index (χ1v) is 11.7. The van der Waals surface area contributed by atoms with Crippen molar-refractivity contribution >= 4 is 11.9 Å². The summed E-state index contributed by atoms with van der Waals surface area (Å²) in [6, 6.07) is 0. The number of fused-ring (bicyclic) bond motifs is 2. The monoisotopic (exact) mass is 440 g/mol. The predicted molar refractivity (Wildman–Crippen MR) is 114 cm³/mol. The predicted octanol–water partition coefficient (Wildman–Crippen LogP) is 3.00. The number of aliphatic hydroxyl groups is 2. The van der Waals surface area contributed by atoms with Crippen LogP contribution in [-0.4, -0.2) is 59.3 Å². The van der Waals surface area contributed by atoms with Gasteiger partial charge in [-0.05, 0) is 50.4 Å². The fourth-order valence-electron chi connectivity index (χ4n) is 7.30. The lowest BCUT2D eigenvalue weighted by atomic mass is 9.43. The molecule has 178 valence electrons. The molecule has 7 atom stereocenters. The zero-order chi connectivity index (χ0) is 23.1. The second-order valence-electron chi connectivity index (χ2n) is 10.7. The largest absolute Gasteiger partial charge is 0.463 e. The highest BCUT2D eigenvalue weighted by molar-refractivity contribution is 5.66. The van der Waals surface area contributed by atoms with Crippen LogP contribution in [0, 0.1) is 22.7 Å². The number of hydrogen-bond acceptors (Lipinski definition) is 7. The highest BCUT2D eigenvalue weighted by Crippen LogP contribution is 2.68. The Balaban J connectivity index is 1.98. The van der Waals surface area contributed by atoms with Gasteiger partial charge in [-0.2, -0.15) is 0 Å². The summed E-state index contributed by atoms with van der Waals surface area (Å²) in [7, 11) is 0. The minimum atomic E-state index is -0.693. The van der Waals surface area contributed by atoms with E-state index in [2.05, 4.69) is 13.8 Å². The summed E-state index contributed by atoms with van der Waals surface area (Å²) in [6.07, 6.45) is 5.04. The maximum Gasteiger partial charge on any atom is 0.302 e. The SMILES string of the molecule is CC(=O)OC[C@@]1(CCO)CC[C@]2(O1)[C@@H](C)CC[C@H]1[C@](C)(CO)[C@H](OC(C)=O)CC[C@@]12C. The molecular weight excluding hydrogens is 400 g/mol. The van der Waals surface area contributed by atoms with Crippen molar-refractivity contribution in [2.75, 3.05) is 19.8 Å². The van der Waals surface area contributed by atoms with Crippen molar-refractivity contribution in [3.05, 3.63) is 0 Å². The Labute approximate surface area is 185 Å². The summed E-state index contributed by atoms with van der Waals surface area (Å²) in [5, 5.41) is 20.2. The van der Waals surface area contributed by atoms with E-state index in [0.717, 1.165) is 32.1 Å². The fourth-order valence-corrected chi connectivity index (χ4v) is 7.30. The molecule has 0 aromatic rings. The molecule has 2 saturated carbocycles. The molecule has 1 spiro atoms. The molecule has 2 N–H and O–H groups in total. The van der Waals surface area contributed by atoms with Crippen LogP contribution < -0.4 is 0 Å². The normalized spacial score (nSPS) is 44.7. The van der Waals surface area contributed by atoms with E-state index in [9.17, 15) is 19.8 Å². The first-order valence-electron chi connectivity index (χ1n) is 11.7. The van der Waals surface area contributed by atoms with Crippen molar-refractivity contribution < 1.29 is 34.0 Å². The molecule has 0 bridgehead atoms. The van der Waals surface area contributed by atoms with E-state index in [0.29, 0.717) is 18.8 Å². The molecule has 1 saturated heterocycles. The van der Waals surface area contributed by atoms with Crippen LogP contribution in [0.2, 0.25) is 0 Å². The van der Waals surface area contributed by atoms with Gasteiger partial charge in [-0.3, -0.25) is 9.59 Å². The highest BCUT2D eigenvalue weighted by atomic mass is 16.6. The van der Waals surface area contributed by atoms with Gasteiger partial charge in [-0.25, -0.2) is 0 Å². The van der Waals surface area contributed by atoms with E-state index in [4.69, 9.17) is 14.2 Å². The summed E-state index contributed by atoms with van der Waals surface area (Å²) in [5.41, 5.74) is -1.91. The van der Waals surface area contributed by atoms with Crippen LogP contribution in [0.5, 0.6) is 0 Å². The Bertz CT molecular complexity index is 695. The smallest absolute Gasteiger partial charge is 0.302 e. The quantitative estimate of drug-likeness (QED) is 0.612. The number of carbonyl (C=O) groups excluding carboxylic acids is 2. The van der Waals surface area contributed by atoms with Crippen LogP contribution in [0.15, 0.2) is 0 Å². The lowest BCUT2D eigenvalue weighted by Crippen LogP contribution is -2.67. The average Bonchev–Trinajstić information content (AvgIpc) is 3.09. The van der Waals surface area contributed by atoms with Crippen LogP contribution in [0.4, 0.5) is 0 Å². The van der Waals surface area contributed by atoms with Crippen molar-refractivity contribution in [2.24, 2.45) is 22.7 Å². The molecule has 1 aliphatic heterocycles. The molecule has 7 nitrogen and oxygen atoms in total. The Hall–Kier alpha value is -1.18. The van der Waals surface area contributed by atoms with Gasteiger partial charge in [0, 0.05) is 37.7 Å². The van der Waals surface area contributed by atoms with Crippen molar-refractivity contribution in [1.82, 2.24) is 0 Å². The molecule has 3 fully saturated rings. The van der Waals surface area contributed by atoms with E-state index in [-0.39, 0.29) is 49.2 Å². The third kappa shape index (κ3) is 3.91. The first-order chi connectivity index (χ1) is 14.5. The van der Waals surface area contributed by atoms with E-state index < -0.39 is 16.6 Å². The van der Waals surface area contributed by atoms with Crippen LogP contribution in [0.3, 0.4) is 0 Å². The van der Waals surface area contributed by atoms with E-state index in [1.807, 2.05) is 6.92 Å². The number of rotatable bonds is 6. The molecule has 7 heteroatoms. The van der Waals surface area contributed by atoms with Crippen molar-refractivity contribution in [2.45, 2.75) is 96.9 Å². The minimum absolute atomic E-state index is 0.0330. The van der Waals surface area contributed by atoms with Gasteiger partial charge < -0.3 is 24.4 Å². The van der Waals surface area contributed by atoms with Crippen LogP contribution in [0.1, 0.15) is 79.6 Å². The molecule has 1 heterocycles. The van der Waals surface area contributed by atoms with Crippen LogP contribution in [0.25, 0.3) is 0 Å². The van der Waals surface area contributed by atoms with E-state index in [1.54, 1.807) is 0 Å². The second kappa shape index (κ2) is 8.64. The summed E-state index contributed by atoms with van der Waals surface area (Å²) < 4.78 is 18.0. The number of esters is 2. The Morgan fingerprint density at radius 3 is 2.32 bits per heavy atom. The maximum absolute atomic E-state index is 11.7. The van der Waals surface area contributed by atoms with Crippen molar-refractivity contribution in [3.8, 4) is 0 Å². The summed E-state index contributed by atoms with van der Waals surface area (Å²) in [4.78, 5) is 23.3. The topological polar surface area (TPSA) is 102 Å². The standard InChI is InChI=1S/C24H40O7/c1-16-6-7-19-21(4,14-26)20(30-18(3)28)8-9-22(19,5)24(16)11-10-23(31-24,12-13-25)15-29-17(2)27/h16,19-20,25-26H,6-15H2,1-5H3/t16-,19-,20+,21-,22-,23-,24-/m0/s1. The summed E-state index contributed by atoms with van der Waals surface area (Å²) >= 11 is 0. The molecule has 3 rings (SSSR count). The Kier molecular flexibility index (Phi) is 6.82. The highest BCUT2D eigenvalue weighted by Gasteiger charge is 2.69. The Morgan fingerprint density at radius 2 is 1.74 bits per heavy atom. The molecular formula is C24H40O7. The number of hydrogen-bond donors (Lipinski definition) is 2. The third-order valence-corrected chi connectivity index (χ3v) is 8.98. The lowest BCUT2D eigenvalue weighted by Gasteiger charge is -2.65. The van der Waals surface area contributed by atoms with Crippen molar-refractivity contribution in [3.63, 3.8) is 0 Å². The molecule has 0 aromatic heterocycles. The van der Waals surface area contributed by atoms with Crippen LogP contribution in [-0.2, 0) is 23.8 Å². The van der Waals surface area contributed by atoms with Crippen molar-refractivity contribution in [1.29, 1.82) is 0 Å². The van der Waals surface area contributed by atoms with Gasteiger partial charge in [0.05, 0.1) is 12.2 Å². The van der Waals surface area contributed by atoms with Gasteiger partial charge in [0.25, 0.3) is 0 Å². The Morgan fingerprint density at radius 1 is 1.03 bits per heavy atom.